The Balaban J connectivity index is 1.20. The molecule has 21 nitrogen and oxygen atoms in total. The number of rotatable bonds is 12. The molecular weight excluding hydrogens is 634 g/mol. The molecule has 2 saturated heterocycles. The molecular formula is C21H30N8O13P2. The van der Waals surface area contributed by atoms with E-state index >= 15 is 0 Å². The maximum absolute atomic E-state index is 12.9. The maximum atomic E-state index is 12.9. The van der Waals surface area contributed by atoms with Crippen molar-refractivity contribution in [3.63, 3.8) is 0 Å². The summed E-state index contributed by atoms with van der Waals surface area (Å²) < 4.78 is 53.0. The van der Waals surface area contributed by atoms with Crippen LogP contribution in [0.5, 0.6) is 0 Å². The summed E-state index contributed by atoms with van der Waals surface area (Å²) in [5, 5.41) is 21.1. The lowest BCUT2D eigenvalue weighted by Crippen LogP contribution is -2.35. The van der Waals surface area contributed by atoms with Gasteiger partial charge in [-0.05, 0) is 6.07 Å². The third-order valence-electron chi connectivity index (χ3n) is 6.92. The molecule has 5 heterocycles. The number of phosphoric ester groups is 2. The van der Waals surface area contributed by atoms with Gasteiger partial charge in [-0.25, -0.2) is 28.9 Å². The van der Waals surface area contributed by atoms with Gasteiger partial charge in [0.25, 0.3) is 0 Å². The number of nitrogens with two attached hydrogens (primary N) is 2. The SMILES string of the molecule is Nc1ccn(C[C@H]2C[C@H](OP(=O)(O)OC[C@H]3O[C@@H](Cn4cnc5c(N)ncnc54)[C@H](O)[C@@H]3O)[C@@H](COP(=O)(O)O)O2)c(=O)n1. The third-order valence-corrected chi connectivity index (χ3v) is 8.42. The fourth-order valence-corrected chi connectivity index (χ4v) is 6.16. The summed E-state index contributed by atoms with van der Waals surface area (Å²) in [5.41, 5.74) is 11.3. The van der Waals surface area contributed by atoms with Gasteiger partial charge in [0.1, 0.15) is 54.3 Å². The quantitative estimate of drug-likeness (QED) is 0.0984. The van der Waals surface area contributed by atoms with Crippen molar-refractivity contribution in [3.05, 3.63) is 35.4 Å². The van der Waals surface area contributed by atoms with Gasteiger partial charge in [-0.3, -0.25) is 18.1 Å². The van der Waals surface area contributed by atoms with Crippen molar-refractivity contribution in [1.29, 1.82) is 0 Å². The first-order valence-corrected chi connectivity index (χ1v) is 16.0. The van der Waals surface area contributed by atoms with Gasteiger partial charge in [0, 0.05) is 12.6 Å². The minimum atomic E-state index is -4.94. The van der Waals surface area contributed by atoms with Crippen LogP contribution in [0, 0.1) is 0 Å². The number of nitrogens with zero attached hydrogens (tertiary/aromatic N) is 6. The number of fused-ring (bicyclic) bond motifs is 1. The van der Waals surface area contributed by atoms with Gasteiger partial charge in [0.15, 0.2) is 11.5 Å². The first-order valence-electron chi connectivity index (χ1n) is 13.0. The molecule has 0 amide bonds. The second-order valence-electron chi connectivity index (χ2n) is 10.0. The minimum Gasteiger partial charge on any atom is -0.388 e. The largest absolute Gasteiger partial charge is 0.472 e. The number of ether oxygens (including phenoxy) is 2. The lowest BCUT2D eigenvalue weighted by molar-refractivity contribution is -0.0410. The van der Waals surface area contributed by atoms with Crippen LogP contribution in [0.15, 0.2) is 29.7 Å². The van der Waals surface area contributed by atoms with E-state index in [9.17, 15) is 29.0 Å². The number of hydrogen-bond acceptors (Lipinski definition) is 16. The zero-order valence-corrected chi connectivity index (χ0v) is 24.4. The monoisotopic (exact) mass is 664 g/mol. The number of aromatic nitrogens is 6. The van der Waals surface area contributed by atoms with Gasteiger partial charge in [-0.2, -0.15) is 4.98 Å². The summed E-state index contributed by atoms with van der Waals surface area (Å²) >= 11 is 0. The lowest BCUT2D eigenvalue weighted by atomic mass is 10.1. The van der Waals surface area contributed by atoms with E-state index in [1.807, 2.05) is 0 Å². The van der Waals surface area contributed by atoms with Gasteiger partial charge in [0.2, 0.25) is 0 Å². The van der Waals surface area contributed by atoms with E-state index in [0.29, 0.717) is 11.2 Å². The highest BCUT2D eigenvalue weighted by molar-refractivity contribution is 7.47. The van der Waals surface area contributed by atoms with E-state index in [2.05, 4.69) is 24.5 Å². The van der Waals surface area contributed by atoms with Crippen molar-refractivity contribution in [3.8, 4) is 0 Å². The van der Waals surface area contributed by atoms with Crippen LogP contribution in [0.1, 0.15) is 6.42 Å². The van der Waals surface area contributed by atoms with Gasteiger partial charge < -0.3 is 50.4 Å². The van der Waals surface area contributed by atoms with Crippen LogP contribution < -0.4 is 17.2 Å². The summed E-state index contributed by atoms with van der Waals surface area (Å²) in [6, 6.07) is 1.37. The van der Waals surface area contributed by atoms with E-state index in [-0.39, 0.29) is 31.1 Å². The number of anilines is 2. The Bertz CT molecular complexity index is 1630. The first-order chi connectivity index (χ1) is 20.7. The zero-order chi connectivity index (χ0) is 31.8. The number of nitrogen functional groups attached to an aromatic ring is 2. The Morgan fingerprint density at radius 1 is 0.955 bits per heavy atom. The third kappa shape index (κ3) is 7.65. The second-order valence-corrected chi connectivity index (χ2v) is 12.7. The molecule has 3 aromatic heterocycles. The number of phosphoric acid groups is 2. The molecule has 2 aliphatic heterocycles. The molecule has 0 saturated carbocycles. The molecule has 0 bridgehead atoms. The molecule has 2 fully saturated rings. The highest BCUT2D eigenvalue weighted by Gasteiger charge is 2.46. The summed E-state index contributed by atoms with van der Waals surface area (Å²) in [7, 11) is -9.87. The average Bonchev–Trinajstić information content (AvgIpc) is 3.60. The van der Waals surface area contributed by atoms with Crippen LogP contribution in [-0.2, 0) is 45.3 Å². The maximum Gasteiger partial charge on any atom is 0.472 e. The van der Waals surface area contributed by atoms with E-state index in [4.69, 9.17) is 39.8 Å². The molecule has 9 N–H and O–H groups in total. The molecule has 8 atom stereocenters. The topological polar surface area (TPSA) is 312 Å². The number of imidazole rings is 1. The zero-order valence-electron chi connectivity index (χ0n) is 22.6. The molecule has 0 spiro atoms. The molecule has 0 radical (unpaired) electrons. The first kappa shape index (κ1) is 32.5. The Labute approximate surface area is 247 Å². The standard InChI is InChI=1S/C21H30N8O13P2/c22-15-1-2-28(21(32)27-15)4-10-3-11(13(40-10)6-38-43(33,34)35)42-44(36,37)39-7-14-18(31)17(30)12(41-14)5-29-9-26-16-19(23)24-8-25-20(16)29/h1-2,8-14,17-18,30-31H,3-7H2,(H,36,37)(H2,22,27,32)(H2,23,24,25)(H2,33,34,35)/t10-,11+,12+,13-,14-,17+,18-/m1/s1. The molecule has 0 aliphatic carbocycles. The average molecular weight is 664 g/mol. The van der Waals surface area contributed by atoms with E-state index in [1.165, 1.54) is 29.5 Å². The van der Waals surface area contributed by atoms with E-state index in [1.54, 1.807) is 0 Å². The minimum absolute atomic E-state index is 0.00347. The number of aliphatic hydroxyl groups is 2. The highest BCUT2D eigenvalue weighted by atomic mass is 31.2. The molecule has 1 unspecified atom stereocenters. The smallest absolute Gasteiger partial charge is 0.388 e. The van der Waals surface area contributed by atoms with Crippen molar-refractivity contribution in [2.45, 2.75) is 62.2 Å². The van der Waals surface area contributed by atoms with Crippen molar-refractivity contribution < 1.29 is 57.1 Å². The molecule has 0 aromatic carbocycles. The van der Waals surface area contributed by atoms with Crippen LogP contribution >= 0.6 is 15.6 Å². The molecule has 5 rings (SSSR count). The summed E-state index contributed by atoms with van der Waals surface area (Å²) in [4.78, 5) is 56.4. The van der Waals surface area contributed by atoms with Crippen LogP contribution in [0.25, 0.3) is 11.2 Å². The second kappa shape index (κ2) is 12.8. The Kier molecular flexibility index (Phi) is 9.47. The summed E-state index contributed by atoms with van der Waals surface area (Å²) in [5.74, 6) is 0.147. The fraction of sp³-hybridized carbons (Fsp3) is 0.571. The molecule has 3 aromatic rings. The Hall–Kier alpha value is -2.91. The predicted octanol–water partition coefficient (Wildman–Crippen LogP) is -2.49. The van der Waals surface area contributed by atoms with Crippen LogP contribution in [0.2, 0.25) is 0 Å². The molecule has 44 heavy (non-hydrogen) atoms. The Morgan fingerprint density at radius 2 is 1.68 bits per heavy atom. The predicted molar refractivity (Wildman–Crippen MR) is 145 cm³/mol. The van der Waals surface area contributed by atoms with Crippen molar-refractivity contribution in [2.75, 3.05) is 24.7 Å². The van der Waals surface area contributed by atoms with Gasteiger partial charge in [-0.1, -0.05) is 0 Å². The molecule has 242 valence electrons. The van der Waals surface area contributed by atoms with Gasteiger partial charge >= 0.3 is 21.3 Å². The van der Waals surface area contributed by atoms with E-state index < -0.39 is 77.3 Å². The molecule has 2 aliphatic rings. The van der Waals surface area contributed by atoms with Crippen LogP contribution in [0.3, 0.4) is 0 Å². The van der Waals surface area contributed by atoms with Crippen LogP contribution in [-0.4, -0.2) is 110 Å². The van der Waals surface area contributed by atoms with Gasteiger partial charge in [-0.15, -0.1) is 0 Å². The normalized spacial score (nSPS) is 28.9. The fourth-order valence-electron chi connectivity index (χ4n) is 4.86. The summed E-state index contributed by atoms with van der Waals surface area (Å²) in [6.45, 7) is -1.52. The highest BCUT2D eigenvalue weighted by Crippen LogP contribution is 2.48. The van der Waals surface area contributed by atoms with Crippen molar-refractivity contribution in [2.24, 2.45) is 0 Å². The van der Waals surface area contributed by atoms with Crippen molar-refractivity contribution in [1.82, 2.24) is 29.1 Å². The van der Waals surface area contributed by atoms with E-state index in [0.717, 1.165) is 4.57 Å². The lowest BCUT2D eigenvalue weighted by Gasteiger charge is -2.22. The summed E-state index contributed by atoms with van der Waals surface area (Å²) in [6.07, 6.45) is -4.64. The Morgan fingerprint density at radius 3 is 2.41 bits per heavy atom. The van der Waals surface area contributed by atoms with Crippen molar-refractivity contribution >= 4 is 38.4 Å². The molecule has 23 heteroatoms. The van der Waals surface area contributed by atoms with Crippen LogP contribution in [0.4, 0.5) is 11.6 Å². The number of hydrogen-bond donors (Lipinski definition) is 7. The number of aliphatic hydroxyl groups excluding tert-OH is 2. The van der Waals surface area contributed by atoms with Gasteiger partial charge in [0.05, 0.1) is 38.7 Å².